The van der Waals surface area contributed by atoms with Gasteiger partial charge in [0.1, 0.15) is 6.04 Å². The van der Waals surface area contributed by atoms with Crippen molar-refractivity contribution in [1.82, 2.24) is 20.4 Å². The van der Waals surface area contributed by atoms with E-state index in [1.807, 2.05) is 0 Å². The lowest BCUT2D eigenvalue weighted by molar-refractivity contribution is -0.139. The first-order valence-corrected chi connectivity index (χ1v) is 11.2. The van der Waals surface area contributed by atoms with Crippen LogP contribution in [0.2, 0.25) is 5.02 Å². The van der Waals surface area contributed by atoms with Crippen LogP contribution in [0.1, 0.15) is 31.0 Å². The fraction of sp³-hybridized carbons (Fsp3) is 0.333. The van der Waals surface area contributed by atoms with E-state index in [2.05, 4.69) is 15.5 Å². The molecule has 0 saturated carbocycles. The molecule has 0 bridgehead atoms. The Morgan fingerprint density at radius 3 is 2.45 bits per heavy atom. The van der Waals surface area contributed by atoms with Crippen LogP contribution < -0.4 is 10.9 Å². The highest BCUT2D eigenvalue weighted by molar-refractivity contribution is 6.30. The smallest absolute Gasteiger partial charge is 0.272 e. The van der Waals surface area contributed by atoms with E-state index in [9.17, 15) is 19.5 Å². The SMILES string of the molecule is CC(NC(=O)Cc1n[nH]c(=O)c2ccccc12)C(=O)N1CCC(O)(c2ccc(Cl)cc2)CC1. The number of nitrogens with zero attached hydrogens (tertiary/aromatic N) is 2. The average Bonchev–Trinajstić information content (AvgIpc) is 2.81. The molecule has 0 radical (unpaired) electrons. The van der Waals surface area contributed by atoms with Crippen molar-refractivity contribution >= 4 is 34.2 Å². The maximum atomic E-state index is 12.9. The quantitative estimate of drug-likeness (QED) is 0.530. The lowest BCUT2D eigenvalue weighted by atomic mass is 9.84. The normalized spacial score (nSPS) is 16.4. The van der Waals surface area contributed by atoms with Crippen molar-refractivity contribution in [2.75, 3.05) is 13.1 Å². The van der Waals surface area contributed by atoms with E-state index in [1.165, 1.54) is 0 Å². The maximum absolute atomic E-state index is 12.9. The molecule has 0 aliphatic carbocycles. The Morgan fingerprint density at radius 1 is 1.15 bits per heavy atom. The molecule has 2 heterocycles. The third-order valence-corrected chi connectivity index (χ3v) is 6.39. The molecule has 1 aliphatic heterocycles. The first kappa shape index (κ1) is 22.9. The van der Waals surface area contributed by atoms with Crippen LogP contribution in [-0.4, -0.2) is 51.1 Å². The van der Waals surface area contributed by atoms with Crippen LogP contribution in [0.3, 0.4) is 0 Å². The molecule has 3 N–H and O–H groups in total. The molecule has 1 saturated heterocycles. The van der Waals surface area contributed by atoms with Crippen LogP contribution >= 0.6 is 11.6 Å². The number of carbonyl (C=O) groups is 2. The fourth-order valence-electron chi connectivity index (χ4n) is 4.23. The minimum absolute atomic E-state index is 0.0643. The minimum Gasteiger partial charge on any atom is -0.385 e. The van der Waals surface area contributed by atoms with Gasteiger partial charge in [-0.2, -0.15) is 5.10 Å². The van der Waals surface area contributed by atoms with Gasteiger partial charge in [-0.1, -0.05) is 41.9 Å². The molecule has 2 aromatic carbocycles. The van der Waals surface area contributed by atoms with Gasteiger partial charge < -0.3 is 15.3 Å². The highest BCUT2D eigenvalue weighted by Crippen LogP contribution is 2.33. The Labute approximate surface area is 195 Å². The first-order chi connectivity index (χ1) is 15.8. The lowest BCUT2D eigenvalue weighted by Gasteiger charge is -2.39. The second kappa shape index (κ2) is 9.33. The van der Waals surface area contributed by atoms with Gasteiger partial charge in [0.15, 0.2) is 0 Å². The summed E-state index contributed by atoms with van der Waals surface area (Å²) >= 11 is 5.94. The van der Waals surface area contributed by atoms with Gasteiger partial charge >= 0.3 is 0 Å². The second-order valence-corrected chi connectivity index (χ2v) is 8.81. The van der Waals surface area contributed by atoms with Gasteiger partial charge in [0.25, 0.3) is 5.56 Å². The number of amides is 2. The number of piperidine rings is 1. The number of likely N-dealkylation sites (tertiary alicyclic amines) is 1. The molecule has 8 nitrogen and oxygen atoms in total. The molecule has 1 aromatic heterocycles. The Hall–Kier alpha value is -3.23. The number of nitrogens with one attached hydrogen (secondary N) is 2. The van der Waals surface area contributed by atoms with Gasteiger partial charge in [0.05, 0.1) is 23.1 Å². The summed E-state index contributed by atoms with van der Waals surface area (Å²) < 4.78 is 0. The van der Waals surface area contributed by atoms with E-state index in [0.29, 0.717) is 47.4 Å². The van der Waals surface area contributed by atoms with Gasteiger partial charge in [-0.15, -0.1) is 0 Å². The summed E-state index contributed by atoms with van der Waals surface area (Å²) in [6.45, 7) is 2.40. The zero-order valence-electron chi connectivity index (χ0n) is 18.2. The molecule has 1 fully saturated rings. The molecule has 33 heavy (non-hydrogen) atoms. The predicted molar refractivity (Wildman–Crippen MR) is 125 cm³/mol. The minimum atomic E-state index is -1.01. The van der Waals surface area contributed by atoms with Crippen molar-refractivity contribution in [1.29, 1.82) is 0 Å². The summed E-state index contributed by atoms with van der Waals surface area (Å²) in [6.07, 6.45) is 0.730. The lowest BCUT2D eigenvalue weighted by Crippen LogP contribution is -2.52. The number of aliphatic hydroxyl groups is 1. The second-order valence-electron chi connectivity index (χ2n) is 8.37. The van der Waals surface area contributed by atoms with E-state index in [-0.39, 0.29) is 23.8 Å². The standard InChI is InChI=1S/C24H25ClN4O4/c1-15(26-21(30)14-20-18-4-2-3-5-19(18)22(31)28-27-20)23(32)29-12-10-24(33,11-13-29)16-6-8-17(25)9-7-16/h2-9,15,33H,10-14H2,1H3,(H,26,30)(H,28,31). The molecular weight excluding hydrogens is 444 g/mol. The van der Waals surface area contributed by atoms with Crippen molar-refractivity contribution in [2.24, 2.45) is 0 Å². The number of hydrogen-bond donors (Lipinski definition) is 3. The Bertz CT molecular complexity index is 1230. The molecule has 1 atom stereocenters. The highest BCUT2D eigenvalue weighted by Gasteiger charge is 2.36. The summed E-state index contributed by atoms with van der Waals surface area (Å²) in [7, 11) is 0. The summed E-state index contributed by atoms with van der Waals surface area (Å²) in [5.41, 5.74) is -0.110. The van der Waals surface area contributed by atoms with Crippen LogP contribution in [-0.2, 0) is 21.6 Å². The Morgan fingerprint density at radius 2 is 1.79 bits per heavy atom. The molecule has 1 aliphatic rings. The summed E-state index contributed by atoms with van der Waals surface area (Å²) in [4.78, 5) is 39.0. The number of benzene rings is 2. The molecule has 2 amide bonds. The molecule has 0 spiro atoms. The first-order valence-electron chi connectivity index (χ1n) is 10.8. The monoisotopic (exact) mass is 468 g/mol. The third-order valence-electron chi connectivity index (χ3n) is 6.13. The summed E-state index contributed by atoms with van der Waals surface area (Å²) in [6, 6.07) is 13.3. The number of hydrogen-bond acceptors (Lipinski definition) is 5. The van der Waals surface area contributed by atoms with Crippen molar-refractivity contribution in [3.8, 4) is 0 Å². The molecule has 4 rings (SSSR count). The van der Waals surface area contributed by atoms with Crippen LogP contribution in [0.15, 0.2) is 53.3 Å². The van der Waals surface area contributed by atoms with Crippen molar-refractivity contribution < 1.29 is 14.7 Å². The van der Waals surface area contributed by atoms with Crippen LogP contribution in [0, 0.1) is 0 Å². The highest BCUT2D eigenvalue weighted by atomic mass is 35.5. The van der Waals surface area contributed by atoms with Gasteiger partial charge in [-0.3, -0.25) is 14.4 Å². The summed E-state index contributed by atoms with van der Waals surface area (Å²) in [5.74, 6) is -0.573. The molecular formula is C24H25ClN4O4. The predicted octanol–water partition coefficient (Wildman–Crippen LogP) is 2.13. The average molecular weight is 469 g/mol. The number of carbonyl (C=O) groups excluding carboxylic acids is 2. The van der Waals surface area contributed by atoms with Crippen LogP contribution in [0.25, 0.3) is 10.8 Å². The number of aromatic amines is 1. The van der Waals surface area contributed by atoms with Gasteiger partial charge in [0, 0.05) is 23.5 Å². The Kier molecular flexibility index (Phi) is 6.49. The number of fused-ring (bicyclic) bond motifs is 1. The van der Waals surface area contributed by atoms with E-state index in [4.69, 9.17) is 11.6 Å². The molecule has 3 aromatic rings. The van der Waals surface area contributed by atoms with Crippen molar-refractivity contribution in [3.05, 3.63) is 75.2 Å². The molecule has 1 unspecified atom stereocenters. The van der Waals surface area contributed by atoms with Crippen molar-refractivity contribution in [2.45, 2.75) is 37.8 Å². The zero-order chi connectivity index (χ0) is 23.6. The van der Waals surface area contributed by atoms with Gasteiger partial charge in [-0.05, 0) is 43.5 Å². The van der Waals surface area contributed by atoms with Crippen LogP contribution in [0.5, 0.6) is 0 Å². The van der Waals surface area contributed by atoms with E-state index < -0.39 is 11.6 Å². The largest absolute Gasteiger partial charge is 0.385 e. The topological polar surface area (TPSA) is 115 Å². The van der Waals surface area contributed by atoms with E-state index in [1.54, 1.807) is 60.4 Å². The number of H-pyrrole nitrogens is 1. The zero-order valence-corrected chi connectivity index (χ0v) is 18.9. The van der Waals surface area contributed by atoms with Gasteiger partial charge in [0.2, 0.25) is 11.8 Å². The third kappa shape index (κ3) is 4.91. The number of rotatable bonds is 5. The van der Waals surface area contributed by atoms with Crippen LogP contribution in [0.4, 0.5) is 0 Å². The number of aromatic nitrogens is 2. The fourth-order valence-corrected chi connectivity index (χ4v) is 4.36. The van der Waals surface area contributed by atoms with E-state index in [0.717, 1.165) is 5.56 Å². The van der Waals surface area contributed by atoms with E-state index >= 15 is 0 Å². The number of halogens is 1. The van der Waals surface area contributed by atoms with Gasteiger partial charge in [-0.25, -0.2) is 5.10 Å². The molecule has 9 heteroatoms. The molecule has 172 valence electrons. The Balaban J connectivity index is 1.35. The van der Waals surface area contributed by atoms with Crippen molar-refractivity contribution in [3.63, 3.8) is 0 Å². The summed E-state index contributed by atoms with van der Waals surface area (Å²) in [5, 5.41) is 21.8. The maximum Gasteiger partial charge on any atom is 0.272 e.